The average Bonchev–Trinajstić information content (AvgIpc) is 3.33. The van der Waals surface area contributed by atoms with Crippen LogP contribution in [-0.2, 0) is 9.59 Å². The van der Waals surface area contributed by atoms with Crippen LogP contribution < -0.4 is 5.32 Å². The van der Waals surface area contributed by atoms with Crippen LogP contribution in [0, 0.1) is 0 Å². The van der Waals surface area contributed by atoms with Gasteiger partial charge in [-0.25, -0.2) is 0 Å². The van der Waals surface area contributed by atoms with Gasteiger partial charge in [-0.3, -0.25) is 24.1 Å². The highest BCUT2D eigenvalue weighted by Crippen LogP contribution is 2.33. The average molecular weight is 448 g/mol. The van der Waals surface area contributed by atoms with E-state index in [0.29, 0.717) is 10.6 Å². The molecule has 0 bridgehead atoms. The number of rotatable bonds is 7. The summed E-state index contributed by atoms with van der Waals surface area (Å²) in [5.74, 6) is -1.15. The first-order valence-electron chi connectivity index (χ1n) is 8.92. The second kappa shape index (κ2) is 9.64. The van der Waals surface area contributed by atoms with E-state index in [1.807, 2.05) is 0 Å². The van der Waals surface area contributed by atoms with Gasteiger partial charge in [0.15, 0.2) is 5.76 Å². The minimum atomic E-state index is -0.440. The van der Waals surface area contributed by atoms with Crippen molar-refractivity contribution in [1.82, 2.24) is 15.1 Å². The third-order valence-electron chi connectivity index (χ3n) is 4.18. The standard InChI is InChI=1S/C20H18ClN3O5S/c1-23(18(26)15-7-4-10-29-15)12-17(25)22-8-9-24-19(27)16(30-20(24)28)11-13-5-2-3-6-14(13)21/h2-7,10-11H,8-9,12H2,1H3,(H,22,25). The van der Waals surface area contributed by atoms with E-state index in [0.717, 1.165) is 16.7 Å². The number of carbonyl (C=O) groups excluding carboxylic acids is 4. The molecule has 0 spiro atoms. The van der Waals surface area contributed by atoms with E-state index in [9.17, 15) is 19.2 Å². The second-order valence-electron chi connectivity index (χ2n) is 6.34. The zero-order valence-corrected chi connectivity index (χ0v) is 17.5. The van der Waals surface area contributed by atoms with E-state index in [-0.39, 0.29) is 30.3 Å². The molecule has 1 fully saturated rings. The quantitative estimate of drug-likeness (QED) is 0.655. The molecule has 0 atom stereocenters. The van der Waals surface area contributed by atoms with E-state index in [2.05, 4.69) is 5.32 Å². The van der Waals surface area contributed by atoms with Gasteiger partial charge in [-0.1, -0.05) is 29.8 Å². The number of hydrogen-bond acceptors (Lipinski definition) is 6. The SMILES string of the molecule is CN(CC(=O)NCCN1C(=O)SC(=Cc2ccccc2Cl)C1=O)C(=O)c1ccco1. The molecule has 1 N–H and O–H groups in total. The van der Waals surface area contributed by atoms with Gasteiger partial charge in [0.05, 0.1) is 17.7 Å². The van der Waals surface area contributed by atoms with E-state index in [4.69, 9.17) is 16.0 Å². The number of imide groups is 1. The number of hydrogen-bond donors (Lipinski definition) is 1. The molecule has 4 amide bonds. The summed E-state index contributed by atoms with van der Waals surface area (Å²) in [6.07, 6.45) is 2.94. The first-order valence-corrected chi connectivity index (χ1v) is 10.1. The van der Waals surface area contributed by atoms with Crippen molar-refractivity contribution in [2.24, 2.45) is 0 Å². The molecule has 0 aliphatic carbocycles. The first kappa shape index (κ1) is 21.7. The Hall–Kier alpha value is -3.04. The Morgan fingerprint density at radius 3 is 2.70 bits per heavy atom. The predicted molar refractivity (Wildman–Crippen MR) is 113 cm³/mol. The maximum atomic E-state index is 12.5. The summed E-state index contributed by atoms with van der Waals surface area (Å²) in [4.78, 5) is 51.3. The highest BCUT2D eigenvalue weighted by molar-refractivity contribution is 8.18. The number of carbonyl (C=O) groups is 4. The molecule has 0 saturated carbocycles. The van der Waals surface area contributed by atoms with E-state index < -0.39 is 23.0 Å². The monoisotopic (exact) mass is 447 g/mol. The Labute approximate surface area is 181 Å². The molecule has 1 aliphatic rings. The maximum Gasteiger partial charge on any atom is 0.293 e. The molecule has 10 heteroatoms. The number of likely N-dealkylation sites (N-methyl/N-ethyl adjacent to an activating group) is 1. The number of benzene rings is 1. The van der Waals surface area contributed by atoms with Crippen LogP contribution in [0.4, 0.5) is 4.79 Å². The molecule has 1 aromatic heterocycles. The third kappa shape index (κ3) is 5.11. The molecule has 0 unspecified atom stereocenters. The normalized spacial score (nSPS) is 15.0. The first-order chi connectivity index (χ1) is 14.4. The molecule has 0 radical (unpaired) electrons. The molecule has 156 valence electrons. The highest BCUT2D eigenvalue weighted by Gasteiger charge is 2.34. The van der Waals surface area contributed by atoms with Crippen LogP contribution in [0.15, 0.2) is 52.0 Å². The fraction of sp³-hybridized carbons (Fsp3) is 0.200. The van der Waals surface area contributed by atoms with E-state index >= 15 is 0 Å². The van der Waals surface area contributed by atoms with Crippen LogP contribution in [0.3, 0.4) is 0 Å². The van der Waals surface area contributed by atoms with Crippen LogP contribution >= 0.6 is 23.4 Å². The van der Waals surface area contributed by atoms with Gasteiger partial charge in [0.2, 0.25) is 5.91 Å². The second-order valence-corrected chi connectivity index (χ2v) is 7.74. The lowest BCUT2D eigenvalue weighted by Crippen LogP contribution is -2.42. The fourth-order valence-corrected chi connectivity index (χ4v) is 3.71. The molecule has 1 aromatic carbocycles. The van der Waals surface area contributed by atoms with Crippen molar-refractivity contribution in [2.75, 3.05) is 26.7 Å². The van der Waals surface area contributed by atoms with Gasteiger partial charge in [-0.15, -0.1) is 0 Å². The summed E-state index contributed by atoms with van der Waals surface area (Å²) in [6.45, 7) is -0.0982. The van der Waals surface area contributed by atoms with Crippen molar-refractivity contribution in [2.45, 2.75) is 0 Å². The Balaban J connectivity index is 1.50. The highest BCUT2D eigenvalue weighted by atomic mass is 35.5. The van der Waals surface area contributed by atoms with Gasteiger partial charge in [-0.05, 0) is 41.6 Å². The van der Waals surface area contributed by atoms with Crippen LogP contribution in [0.25, 0.3) is 6.08 Å². The number of furan rings is 1. The zero-order chi connectivity index (χ0) is 21.7. The molecular formula is C20H18ClN3O5S. The Bertz CT molecular complexity index is 1010. The predicted octanol–water partition coefficient (Wildman–Crippen LogP) is 2.86. The summed E-state index contributed by atoms with van der Waals surface area (Å²) < 4.78 is 5.01. The molecule has 2 aromatic rings. The number of thioether (sulfide) groups is 1. The topological polar surface area (TPSA) is 99.9 Å². The van der Waals surface area contributed by atoms with Crippen LogP contribution in [0.5, 0.6) is 0 Å². The fourth-order valence-electron chi connectivity index (χ4n) is 2.66. The minimum absolute atomic E-state index is 0.0200. The van der Waals surface area contributed by atoms with Gasteiger partial charge in [0.25, 0.3) is 17.1 Å². The molecule has 2 heterocycles. The van der Waals surface area contributed by atoms with Gasteiger partial charge in [0, 0.05) is 25.2 Å². The number of halogens is 1. The lowest BCUT2D eigenvalue weighted by Gasteiger charge is -2.16. The van der Waals surface area contributed by atoms with Crippen molar-refractivity contribution >= 4 is 52.4 Å². The third-order valence-corrected chi connectivity index (χ3v) is 5.43. The number of amides is 4. The summed E-state index contributed by atoms with van der Waals surface area (Å²) >= 11 is 6.91. The van der Waals surface area contributed by atoms with Crippen molar-refractivity contribution in [1.29, 1.82) is 0 Å². The Morgan fingerprint density at radius 2 is 2.00 bits per heavy atom. The number of nitrogens with one attached hydrogen (secondary N) is 1. The summed E-state index contributed by atoms with van der Waals surface area (Å²) in [7, 11) is 1.47. The van der Waals surface area contributed by atoms with Crippen molar-refractivity contribution < 1.29 is 23.6 Å². The number of nitrogens with zero attached hydrogens (tertiary/aromatic N) is 2. The molecule has 1 aliphatic heterocycles. The van der Waals surface area contributed by atoms with Gasteiger partial charge < -0.3 is 14.6 Å². The Morgan fingerprint density at radius 1 is 1.23 bits per heavy atom. The van der Waals surface area contributed by atoms with E-state index in [1.165, 1.54) is 24.3 Å². The minimum Gasteiger partial charge on any atom is -0.459 e. The lowest BCUT2D eigenvalue weighted by molar-refractivity contribution is -0.124. The largest absolute Gasteiger partial charge is 0.459 e. The smallest absolute Gasteiger partial charge is 0.293 e. The Kier molecular flexibility index (Phi) is 6.96. The maximum absolute atomic E-state index is 12.5. The molecule has 30 heavy (non-hydrogen) atoms. The molecular weight excluding hydrogens is 430 g/mol. The van der Waals surface area contributed by atoms with Crippen molar-refractivity contribution in [3.05, 3.63) is 63.9 Å². The van der Waals surface area contributed by atoms with Gasteiger partial charge in [0.1, 0.15) is 0 Å². The van der Waals surface area contributed by atoms with Gasteiger partial charge >= 0.3 is 0 Å². The van der Waals surface area contributed by atoms with Crippen LogP contribution in [0.2, 0.25) is 5.02 Å². The molecule has 8 nitrogen and oxygen atoms in total. The zero-order valence-electron chi connectivity index (χ0n) is 16.0. The van der Waals surface area contributed by atoms with Crippen molar-refractivity contribution in [3.63, 3.8) is 0 Å². The lowest BCUT2D eigenvalue weighted by atomic mass is 10.2. The summed E-state index contributed by atoms with van der Waals surface area (Å²) in [5, 5.41) is 2.65. The molecule has 1 saturated heterocycles. The summed E-state index contributed by atoms with van der Waals surface area (Å²) in [6, 6.07) is 10.1. The van der Waals surface area contributed by atoms with Crippen LogP contribution in [0.1, 0.15) is 16.1 Å². The molecule has 3 rings (SSSR count). The summed E-state index contributed by atoms with van der Waals surface area (Å²) in [5.41, 5.74) is 0.641. The van der Waals surface area contributed by atoms with Crippen LogP contribution in [-0.4, -0.2) is 59.4 Å². The van der Waals surface area contributed by atoms with Crippen molar-refractivity contribution in [3.8, 4) is 0 Å². The van der Waals surface area contributed by atoms with E-state index in [1.54, 1.807) is 36.4 Å². The van der Waals surface area contributed by atoms with Gasteiger partial charge in [-0.2, -0.15) is 0 Å².